The predicted octanol–water partition coefficient (Wildman–Crippen LogP) is 3.78. The molecule has 2 N–H and O–H groups in total. The van der Waals surface area contributed by atoms with E-state index in [1.165, 1.54) is 12.1 Å². The van der Waals surface area contributed by atoms with Crippen molar-refractivity contribution in [2.75, 3.05) is 38.2 Å². The highest BCUT2D eigenvalue weighted by atomic mass is 19.4. The number of amides is 1. The molecule has 2 aromatic rings. The number of nitrogens with one attached hydrogen (secondary N) is 2. The molecule has 1 aromatic heterocycles. The topological polar surface area (TPSA) is 87.3 Å². The minimum atomic E-state index is -4.62. The zero-order valence-electron chi connectivity index (χ0n) is 19.0. The molecule has 0 spiro atoms. The highest BCUT2D eigenvalue weighted by molar-refractivity contribution is 5.92. The monoisotopic (exact) mass is 478 g/mol. The summed E-state index contributed by atoms with van der Waals surface area (Å²) < 4.78 is 46.2. The van der Waals surface area contributed by atoms with Crippen LogP contribution < -0.4 is 10.9 Å². The molecule has 1 aliphatic heterocycles. The van der Waals surface area contributed by atoms with Crippen molar-refractivity contribution in [3.8, 4) is 11.3 Å². The minimum absolute atomic E-state index is 0.137. The third kappa shape index (κ3) is 5.85. The molecule has 1 fully saturated rings. The summed E-state index contributed by atoms with van der Waals surface area (Å²) in [4.78, 5) is 26.9. The number of halogens is 3. The molecule has 10 heteroatoms. The standard InChI is InChI=1S/C24H29F3N4O3/c25-24(26,27)19-9-8-16(22-17-5-1-2-6-18(17)23(33)30-29-22)15-20(19)28-21(32)7-3-4-10-31-11-13-34-14-12-31/h8-9,15H,1-7,10-14H2,(H,28,32)(H,30,33). The Labute approximate surface area is 195 Å². The van der Waals surface area contributed by atoms with Crippen molar-refractivity contribution < 1.29 is 22.7 Å². The lowest BCUT2D eigenvalue weighted by molar-refractivity contribution is -0.137. The van der Waals surface area contributed by atoms with Gasteiger partial charge in [-0.25, -0.2) is 5.10 Å². The van der Waals surface area contributed by atoms with E-state index in [1.54, 1.807) is 0 Å². The molecule has 34 heavy (non-hydrogen) atoms. The molecule has 4 rings (SSSR count). The summed E-state index contributed by atoms with van der Waals surface area (Å²) in [6.45, 7) is 3.95. The number of carbonyl (C=O) groups excluding carboxylic acids is 1. The van der Waals surface area contributed by atoms with Gasteiger partial charge in [0.2, 0.25) is 5.91 Å². The van der Waals surface area contributed by atoms with E-state index in [4.69, 9.17) is 4.74 Å². The molecule has 184 valence electrons. The van der Waals surface area contributed by atoms with Gasteiger partial charge in [0.25, 0.3) is 5.56 Å². The quantitative estimate of drug-likeness (QED) is 0.592. The van der Waals surface area contributed by atoms with E-state index in [0.29, 0.717) is 49.3 Å². The fourth-order valence-corrected chi connectivity index (χ4v) is 4.60. The molecule has 1 amide bonds. The number of hydrogen-bond acceptors (Lipinski definition) is 5. The van der Waals surface area contributed by atoms with E-state index in [1.807, 2.05) is 0 Å². The van der Waals surface area contributed by atoms with E-state index >= 15 is 0 Å². The smallest absolute Gasteiger partial charge is 0.379 e. The number of H-pyrrole nitrogens is 1. The average molecular weight is 479 g/mol. The van der Waals surface area contributed by atoms with Gasteiger partial charge >= 0.3 is 6.18 Å². The molecule has 0 atom stereocenters. The summed E-state index contributed by atoms with van der Waals surface area (Å²) >= 11 is 0. The van der Waals surface area contributed by atoms with Gasteiger partial charge in [0.15, 0.2) is 0 Å². The lowest BCUT2D eigenvalue weighted by Gasteiger charge is -2.26. The van der Waals surface area contributed by atoms with E-state index in [9.17, 15) is 22.8 Å². The largest absolute Gasteiger partial charge is 0.418 e. The van der Waals surface area contributed by atoms with E-state index in [-0.39, 0.29) is 17.7 Å². The Kier molecular flexibility index (Phi) is 7.67. The molecule has 7 nitrogen and oxygen atoms in total. The number of alkyl halides is 3. The second-order valence-corrected chi connectivity index (χ2v) is 8.78. The first-order valence-corrected chi connectivity index (χ1v) is 11.7. The Morgan fingerprint density at radius 1 is 1.12 bits per heavy atom. The number of ether oxygens (including phenoxy) is 1. The fourth-order valence-electron chi connectivity index (χ4n) is 4.60. The van der Waals surface area contributed by atoms with Crippen molar-refractivity contribution in [3.63, 3.8) is 0 Å². The lowest BCUT2D eigenvalue weighted by atomic mass is 9.89. The number of aromatic nitrogens is 2. The number of benzene rings is 1. The Morgan fingerprint density at radius 2 is 1.85 bits per heavy atom. The lowest BCUT2D eigenvalue weighted by Crippen LogP contribution is -2.36. The number of unbranched alkanes of at least 4 members (excludes halogenated alkanes) is 1. The van der Waals surface area contributed by atoms with Gasteiger partial charge in [-0.1, -0.05) is 6.07 Å². The van der Waals surface area contributed by atoms with Crippen molar-refractivity contribution in [1.82, 2.24) is 15.1 Å². The van der Waals surface area contributed by atoms with Crippen LogP contribution in [-0.4, -0.2) is 53.9 Å². The van der Waals surface area contributed by atoms with Gasteiger partial charge in [0.1, 0.15) is 0 Å². The van der Waals surface area contributed by atoms with Crippen molar-refractivity contribution in [2.24, 2.45) is 0 Å². The molecule has 0 radical (unpaired) electrons. The first-order valence-electron chi connectivity index (χ1n) is 11.7. The van der Waals surface area contributed by atoms with E-state index in [0.717, 1.165) is 50.5 Å². The van der Waals surface area contributed by atoms with Gasteiger partial charge in [-0.3, -0.25) is 14.5 Å². The summed E-state index contributed by atoms with van der Waals surface area (Å²) in [6.07, 6.45) is -0.0682. The number of rotatable bonds is 7. The summed E-state index contributed by atoms with van der Waals surface area (Å²) in [5, 5.41) is 9.06. The van der Waals surface area contributed by atoms with Crippen LogP contribution in [0.3, 0.4) is 0 Å². The Hall–Kier alpha value is -2.72. The molecule has 1 aromatic carbocycles. The van der Waals surface area contributed by atoms with Crippen LogP contribution in [0.5, 0.6) is 0 Å². The fraction of sp³-hybridized carbons (Fsp3) is 0.542. The van der Waals surface area contributed by atoms with Crippen molar-refractivity contribution in [1.29, 1.82) is 0 Å². The normalized spacial score (nSPS) is 16.8. The summed E-state index contributed by atoms with van der Waals surface area (Å²) in [6, 6.07) is 3.62. The molecule has 0 unspecified atom stereocenters. The second-order valence-electron chi connectivity index (χ2n) is 8.78. The zero-order valence-corrected chi connectivity index (χ0v) is 19.0. The van der Waals surface area contributed by atoms with Crippen LogP contribution in [0.15, 0.2) is 23.0 Å². The van der Waals surface area contributed by atoms with Crippen molar-refractivity contribution in [2.45, 2.75) is 51.1 Å². The predicted molar refractivity (Wildman–Crippen MR) is 122 cm³/mol. The van der Waals surface area contributed by atoms with Gasteiger partial charge in [-0.2, -0.15) is 18.3 Å². The zero-order chi connectivity index (χ0) is 24.1. The van der Waals surface area contributed by atoms with Crippen LogP contribution in [0.25, 0.3) is 11.3 Å². The van der Waals surface area contributed by atoms with Crippen LogP contribution in [-0.2, 0) is 28.5 Å². The van der Waals surface area contributed by atoms with Crippen LogP contribution in [0.2, 0.25) is 0 Å². The molecule has 1 aliphatic carbocycles. The Morgan fingerprint density at radius 3 is 2.59 bits per heavy atom. The molecule has 1 saturated heterocycles. The van der Waals surface area contributed by atoms with Crippen molar-refractivity contribution in [3.05, 3.63) is 45.2 Å². The summed E-state index contributed by atoms with van der Waals surface area (Å²) in [5.41, 5.74) is 0.860. The molecule has 2 aliphatic rings. The highest BCUT2D eigenvalue weighted by Gasteiger charge is 2.34. The Balaban J connectivity index is 1.49. The minimum Gasteiger partial charge on any atom is -0.379 e. The SMILES string of the molecule is O=C(CCCCN1CCOCC1)Nc1cc(-c2n[nH]c(=O)c3c2CCCC3)ccc1C(F)(F)F. The number of aromatic amines is 1. The summed E-state index contributed by atoms with van der Waals surface area (Å²) in [5.74, 6) is -0.457. The van der Waals surface area contributed by atoms with Gasteiger partial charge < -0.3 is 10.1 Å². The maximum Gasteiger partial charge on any atom is 0.418 e. The van der Waals surface area contributed by atoms with Crippen LogP contribution in [0.4, 0.5) is 18.9 Å². The third-order valence-electron chi connectivity index (χ3n) is 6.40. The molecular weight excluding hydrogens is 449 g/mol. The number of anilines is 1. The maximum absolute atomic E-state index is 13.6. The number of fused-ring (bicyclic) bond motifs is 1. The van der Waals surface area contributed by atoms with Gasteiger partial charge in [-0.15, -0.1) is 0 Å². The van der Waals surface area contributed by atoms with Crippen LogP contribution in [0, 0.1) is 0 Å². The van der Waals surface area contributed by atoms with Gasteiger partial charge in [-0.05, 0) is 62.8 Å². The third-order valence-corrected chi connectivity index (χ3v) is 6.40. The second kappa shape index (κ2) is 10.7. The molecule has 0 bridgehead atoms. The molecular formula is C24H29F3N4O3. The van der Waals surface area contributed by atoms with Crippen LogP contribution >= 0.6 is 0 Å². The number of carbonyl (C=O) groups is 1. The number of nitrogens with zero attached hydrogens (tertiary/aromatic N) is 2. The summed E-state index contributed by atoms with van der Waals surface area (Å²) in [7, 11) is 0. The van der Waals surface area contributed by atoms with Gasteiger partial charge in [0.05, 0.1) is 30.2 Å². The van der Waals surface area contributed by atoms with Crippen molar-refractivity contribution >= 4 is 11.6 Å². The highest BCUT2D eigenvalue weighted by Crippen LogP contribution is 2.38. The Bertz CT molecular complexity index is 1080. The van der Waals surface area contributed by atoms with E-state index in [2.05, 4.69) is 20.4 Å². The van der Waals surface area contributed by atoms with Gasteiger partial charge in [0, 0.05) is 30.6 Å². The first kappa shape index (κ1) is 24.4. The number of hydrogen-bond donors (Lipinski definition) is 2. The van der Waals surface area contributed by atoms with Crippen LogP contribution in [0.1, 0.15) is 48.8 Å². The first-order chi connectivity index (χ1) is 16.3. The molecule has 2 heterocycles. The van der Waals surface area contributed by atoms with E-state index < -0.39 is 17.6 Å². The average Bonchev–Trinajstić information content (AvgIpc) is 2.82. The number of morpholine rings is 1. The molecule has 0 saturated carbocycles. The maximum atomic E-state index is 13.6.